The molecular formula is C24H26FNSi. The van der Waals surface area contributed by atoms with Crippen LogP contribution in [0.3, 0.4) is 0 Å². The lowest BCUT2D eigenvalue weighted by molar-refractivity contribution is 0.340. The summed E-state index contributed by atoms with van der Waals surface area (Å²) in [6.45, 7) is 10.9. The second-order valence-electron chi connectivity index (χ2n) is 8.85. The summed E-state index contributed by atoms with van der Waals surface area (Å²) in [5, 5.41) is 2.18. The molecule has 0 spiro atoms. The Morgan fingerprint density at radius 1 is 0.926 bits per heavy atom. The number of fused-ring (bicyclic) bond motifs is 3. The highest BCUT2D eigenvalue weighted by molar-refractivity contribution is 6.78. The first-order chi connectivity index (χ1) is 12.8. The molecule has 1 heterocycles. The molecule has 0 radical (unpaired) electrons. The van der Waals surface area contributed by atoms with Gasteiger partial charge in [-0.2, -0.15) is 0 Å². The number of alkyl halides is 1. The van der Waals surface area contributed by atoms with Crippen LogP contribution >= 0.6 is 0 Å². The molecule has 0 saturated heterocycles. The van der Waals surface area contributed by atoms with E-state index in [4.69, 9.17) is 0 Å². The Hall–Kier alpha value is -2.26. The van der Waals surface area contributed by atoms with Crippen LogP contribution in [0.2, 0.25) is 25.2 Å². The summed E-state index contributed by atoms with van der Waals surface area (Å²) in [5.74, 6) is 0. The molecule has 0 aliphatic heterocycles. The van der Waals surface area contributed by atoms with Crippen molar-refractivity contribution in [1.29, 1.82) is 0 Å². The zero-order valence-corrected chi connectivity index (χ0v) is 17.7. The van der Waals surface area contributed by atoms with Crippen LogP contribution in [-0.2, 0) is 0 Å². The van der Waals surface area contributed by atoms with Crippen LogP contribution in [0.4, 0.5) is 4.39 Å². The molecule has 0 amide bonds. The normalized spacial score (nSPS) is 19.3. The fraction of sp³-hybridized carbons (Fsp3) is 0.292. The molecule has 1 aliphatic carbocycles. The average Bonchev–Trinajstić information content (AvgIpc) is 2.59. The number of hydrogen-bond acceptors (Lipinski definition) is 1. The Balaban J connectivity index is 1.92. The van der Waals surface area contributed by atoms with E-state index < -0.39 is 14.2 Å². The molecule has 0 N–H and O–H groups in total. The molecule has 1 nitrogen and oxygen atoms in total. The number of allylic oxidation sites excluding steroid dienone is 1. The third-order valence-electron chi connectivity index (χ3n) is 5.60. The van der Waals surface area contributed by atoms with E-state index in [9.17, 15) is 0 Å². The van der Waals surface area contributed by atoms with Gasteiger partial charge in [0.2, 0.25) is 0 Å². The van der Waals surface area contributed by atoms with Crippen LogP contribution in [0.15, 0.2) is 48.7 Å². The van der Waals surface area contributed by atoms with E-state index in [0.717, 1.165) is 33.2 Å². The molecule has 3 heteroatoms. The SMILES string of the molecule is Cc1cc(C)cc(-c2nccc3c4c(ccc23)C(F)C([Si](C)(C)C)C=C4)c1. The molecule has 3 aromatic rings. The number of pyridine rings is 1. The van der Waals surface area contributed by atoms with Crippen LogP contribution in [0.25, 0.3) is 28.1 Å². The average molecular weight is 376 g/mol. The minimum Gasteiger partial charge on any atom is -0.256 e. The van der Waals surface area contributed by atoms with Gasteiger partial charge in [-0.1, -0.05) is 61.1 Å². The minimum absolute atomic E-state index is 0.0307. The van der Waals surface area contributed by atoms with Crippen LogP contribution in [-0.4, -0.2) is 13.1 Å². The van der Waals surface area contributed by atoms with Crippen LogP contribution in [0.5, 0.6) is 0 Å². The largest absolute Gasteiger partial charge is 0.256 e. The van der Waals surface area contributed by atoms with Gasteiger partial charge in [-0.05, 0) is 48.6 Å². The van der Waals surface area contributed by atoms with E-state index in [2.05, 4.69) is 74.9 Å². The lowest BCUT2D eigenvalue weighted by atomic mass is 9.89. The molecule has 0 saturated carbocycles. The first-order valence-electron chi connectivity index (χ1n) is 9.58. The maximum absolute atomic E-state index is 15.4. The van der Waals surface area contributed by atoms with E-state index in [1.807, 2.05) is 18.3 Å². The van der Waals surface area contributed by atoms with Gasteiger partial charge in [-0.3, -0.25) is 4.98 Å². The smallest absolute Gasteiger partial charge is 0.130 e. The third-order valence-corrected chi connectivity index (χ3v) is 8.08. The monoisotopic (exact) mass is 375 g/mol. The Kier molecular flexibility index (Phi) is 4.30. The van der Waals surface area contributed by atoms with Gasteiger partial charge in [0.05, 0.1) is 13.8 Å². The Morgan fingerprint density at radius 2 is 1.63 bits per heavy atom. The summed E-state index contributed by atoms with van der Waals surface area (Å²) in [6.07, 6.45) is 5.18. The molecule has 2 aromatic carbocycles. The molecule has 2 unspecified atom stereocenters. The van der Waals surface area contributed by atoms with Gasteiger partial charge in [-0.25, -0.2) is 4.39 Å². The molecule has 1 aliphatic rings. The van der Waals surface area contributed by atoms with E-state index in [0.29, 0.717) is 0 Å². The second-order valence-corrected chi connectivity index (χ2v) is 14.3. The summed E-state index contributed by atoms with van der Waals surface area (Å²) >= 11 is 0. The van der Waals surface area contributed by atoms with Crippen molar-refractivity contribution in [2.24, 2.45) is 0 Å². The Morgan fingerprint density at radius 3 is 2.30 bits per heavy atom. The Bertz CT molecular complexity index is 1040. The maximum Gasteiger partial charge on any atom is 0.130 e. The Labute approximate surface area is 162 Å². The highest BCUT2D eigenvalue weighted by atomic mass is 28.3. The van der Waals surface area contributed by atoms with Crippen LogP contribution < -0.4 is 0 Å². The number of halogens is 1. The first kappa shape index (κ1) is 18.1. The molecule has 138 valence electrons. The molecular weight excluding hydrogens is 349 g/mol. The van der Waals surface area contributed by atoms with Crippen LogP contribution in [0, 0.1) is 13.8 Å². The standard InChI is InChI=1S/C24H26FNSi/c1-15-12-16(2)14-17(13-15)24-21-7-6-20-18(19(21)10-11-26-24)8-9-22(23(20)25)27(3,4)5/h6-14,22-23H,1-5H3. The minimum atomic E-state index is -1.61. The highest BCUT2D eigenvalue weighted by Gasteiger charge is 2.36. The summed E-state index contributed by atoms with van der Waals surface area (Å²) < 4.78 is 15.4. The van der Waals surface area contributed by atoms with E-state index in [1.54, 1.807) is 0 Å². The third kappa shape index (κ3) is 3.14. The summed E-state index contributed by atoms with van der Waals surface area (Å²) in [5.41, 5.74) is 6.42. The van der Waals surface area contributed by atoms with Gasteiger partial charge in [0.25, 0.3) is 0 Å². The van der Waals surface area contributed by atoms with Crippen molar-refractivity contribution in [1.82, 2.24) is 4.98 Å². The van der Waals surface area contributed by atoms with Crippen molar-refractivity contribution in [2.75, 3.05) is 0 Å². The molecule has 4 rings (SSSR count). The molecule has 27 heavy (non-hydrogen) atoms. The number of hydrogen-bond donors (Lipinski definition) is 0. The molecule has 0 fully saturated rings. The van der Waals surface area contributed by atoms with Gasteiger partial charge in [-0.15, -0.1) is 0 Å². The van der Waals surface area contributed by atoms with Crippen molar-refractivity contribution in [3.8, 4) is 11.3 Å². The van der Waals surface area contributed by atoms with Crippen molar-refractivity contribution in [3.05, 3.63) is 70.9 Å². The zero-order valence-electron chi connectivity index (χ0n) is 16.7. The number of aromatic nitrogens is 1. The van der Waals surface area contributed by atoms with E-state index in [-0.39, 0.29) is 5.54 Å². The zero-order chi connectivity index (χ0) is 19.3. The number of benzene rings is 2. The summed E-state index contributed by atoms with van der Waals surface area (Å²) in [6, 6.07) is 12.6. The van der Waals surface area contributed by atoms with E-state index >= 15 is 4.39 Å². The number of nitrogens with zero attached hydrogens (tertiary/aromatic N) is 1. The lowest BCUT2D eigenvalue weighted by Gasteiger charge is -2.33. The fourth-order valence-electron chi connectivity index (χ4n) is 4.28. The van der Waals surface area contributed by atoms with Crippen molar-refractivity contribution in [3.63, 3.8) is 0 Å². The summed E-state index contributed by atoms with van der Waals surface area (Å²) in [7, 11) is -1.61. The second kappa shape index (κ2) is 6.41. The van der Waals surface area contributed by atoms with E-state index in [1.165, 1.54) is 11.1 Å². The highest BCUT2D eigenvalue weighted by Crippen LogP contribution is 2.46. The fourth-order valence-corrected chi connectivity index (χ4v) is 6.01. The van der Waals surface area contributed by atoms with Crippen molar-refractivity contribution in [2.45, 2.75) is 45.2 Å². The molecule has 2 atom stereocenters. The number of aryl methyl sites for hydroxylation is 2. The predicted molar refractivity (Wildman–Crippen MR) is 117 cm³/mol. The van der Waals surface area contributed by atoms with Crippen molar-refractivity contribution >= 4 is 24.9 Å². The maximum atomic E-state index is 15.4. The molecule has 1 aromatic heterocycles. The van der Waals surface area contributed by atoms with Gasteiger partial charge in [0, 0.05) is 22.7 Å². The van der Waals surface area contributed by atoms with Gasteiger partial charge < -0.3 is 0 Å². The van der Waals surface area contributed by atoms with Crippen molar-refractivity contribution < 1.29 is 4.39 Å². The van der Waals surface area contributed by atoms with Gasteiger partial charge in [0.1, 0.15) is 6.17 Å². The number of rotatable bonds is 2. The predicted octanol–water partition coefficient (Wildman–Crippen LogP) is 7.26. The first-order valence-corrected chi connectivity index (χ1v) is 13.2. The molecule has 0 bridgehead atoms. The summed E-state index contributed by atoms with van der Waals surface area (Å²) in [4.78, 5) is 4.67. The quantitative estimate of drug-likeness (QED) is 0.429. The van der Waals surface area contributed by atoms with Gasteiger partial charge in [0.15, 0.2) is 0 Å². The lowest BCUT2D eigenvalue weighted by Crippen LogP contribution is -2.31. The van der Waals surface area contributed by atoms with Crippen LogP contribution in [0.1, 0.15) is 28.4 Å². The topological polar surface area (TPSA) is 12.9 Å². The van der Waals surface area contributed by atoms with Gasteiger partial charge >= 0.3 is 0 Å².